The summed E-state index contributed by atoms with van der Waals surface area (Å²) < 4.78 is 0. The Morgan fingerprint density at radius 2 is 1.88 bits per heavy atom. The molecule has 0 aromatic heterocycles. The highest BCUT2D eigenvalue weighted by Crippen LogP contribution is 2.33. The molecule has 1 fully saturated rings. The molecule has 178 valence electrons. The number of fused-ring (bicyclic) bond motifs is 1. The van der Waals surface area contributed by atoms with E-state index >= 15 is 0 Å². The Balaban J connectivity index is 1.46. The fraction of sp³-hybridized carbons (Fsp3) is 0.407. The molecule has 2 heterocycles. The summed E-state index contributed by atoms with van der Waals surface area (Å²) in [6.07, 6.45) is 4.75. The van der Waals surface area contributed by atoms with Crippen LogP contribution in [0.15, 0.2) is 54.6 Å². The van der Waals surface area contributed by atoms with Crippen LogP contribution in [0, 0.1) is 17.2 Å². The van der Waals surface area contributed by atoms with E-state index < -0.39 is 6.23 Å². The molecule has 2 aromatic rings. The fourth-order valence-electron chi connectivity index (χ4n) is 4.90. The van der Waals surface area contributed by atoms with Crippen molar-refractivity contribution < 1.29 is 9.90 Å². The maximum atomic E-state index is 12.1. The van der Waals surface area contributed by atoms with Crippen molar-refractivity contribution in [1.82, 2.24) is 4.90 Å². The van der Waals surface area contributed by atoms with Crippen LogP contribution in [-0.4, -0.2) is 48.3 Å². The van der Waals surface area contributed by atoms with Crippen molar-refractivity contribution in [2.45, 2.75) is 39.0 Å². The Labute approximate surface area is 201 Å². The lowest BCUT2D eigenvalue weighted by Crippen LogP contribution is -2.47. The molecular weight excluding hydrogens is 426 g/mol. The average Bonchev–Trinajstić information content (AvgIpc) is 3.03. The average molecular weight is 460 g/mol. The van der Waals surface area contributed by atoms with Gasteiger partial charge in [-0.05, 0) is 42.7 Å². The first-order valence-corrected chi connectivity index (χ1v) is 12.1. The molecule has 0 spiro atoms. The number of amides is 1. The van der Waals surface area contributed by atoms with Gasteiger partial charge in [0, 0.05) is 49.5 Å². The van der Waals surface area contributed by atoms with Crippen molar-refractivity contribution in [2.75, 3.05) is 41.7 Å². The Hall–Kier alpha value is -3.34. The summed E-state index contributed by atoms with van der Waals surface area (Å²) in [6, 6.07) is 16.1. The number of hydrogen-bond donors (Lipinski definition) is 3. The Morgan fingerprint density at radius 1 is 1.15 bits per heavy atom. The molecule has 34 heavy (non-hydrogen) atoms. The summed E-state index contributed by atoms with van der Waals surface area (Å²) in [5.74, 6) is 0.0715. The minimum Gasteiger partial charge on any atom is -0.374 e. The summed E-state index contributed by atoms with van der Waals surface area (Å²) >= 11 is 0. The lowest BCUT2D eigenvalue weighted by atomic mass is 10.0. The number of anilines is 3. The van der Waals surface area contributed by atoms with E-state index in [-0.39, 0.29) is 17.9 Å². The highest BCUT2D eigenvalue weighted by Gasteiger charge is 2.28. The lowest BCUT2D eigenvalue weighted by Gasteiger charge is -2.40. The molecule has 2 atom stereocenters. The van der Waals surface area contributed by atoms with Crippen LogP contribution in [0.25, 0.3) is 0 Å². The number of nitriles is 1. The second kappa shape index (κ2) is 10.7. The van der Waals surface area contributed by atoms with E-state index in [1.54, 1.807) is 6.08 Å². The summed E-state index contributed by atoms with van der Waals surface area (Å²) in [7, 11) is 0. The van der Waals surface area contributed by atoms with Crippen molar-refractivity contribution in [2.24, 2.45) is 5.92 Å². The maximum absolute atomic E-state index is 12.1. The molecule has 0 radical (unpaired) electrons. The largest absolute Gasteiger partial charge is 0.374 e. The molecule has 0 saturated carbocycles. The van der Waals surface area contributed by atoms with E-state index in [2.05, 4.69) is 46.4 Å². The molecular formula is C27H33N5O2. The molecule has 2 aromatic carbocycles. The predicted molar refractivity (Wildman–Crippen MR) is 136 cm³/mol. The third-order valence-corrected chi connectivity index (χ3v) is 6.94. The minimum absolute atomic E-state index is 0.0332. The second-order valence-corrected chi connectivity index (χ2v) is 8.91. The van der Waals surface area contributed by atoms with Gasteiger partial charge in [0.1, 0.15) is 12.3 Å². The van der Waals surface area contributed by atoms with Gasteiger partial charge in [0.05, 0.1) is 17.3 Å². The number of aliphatic hydroxyl groups excluding tert-OH is 1. The number of benzene rings is 2. The predicted octanol–water partition coefficient (Wildman–Crippen LogP) is 4.10. The molecule has 1 saturated heterocycles. The van der Waals surface area contributed by atoms with Gasteiger partial charge in [-0.3, -0.25) is 9.69 Å². The van der Waals surface area contributed by atoms with Crippen LogP contribution in [0.1, 0.15) is 43.9 Å². The third kappa shape index (κ3) is 5.09. The number of para-hydroxylation sites is 1. The number of nitrogens with one attached hydrogen (secondary N) is 2. The summed E-state index contributed by atoms with van der Waals surface area (Å²) in [4.78, 5) is 16.7. The van der Waals surface area contributed by atoms with Crippen LogP contribution >= 0.6 is 0 Å². The van der Waals surface area contributed by atoms with Gasteiger partial charge >= 0.3 is 0 Å². The van der Waals surface area contributed by atoms with Crippen LogP contribution in [0.2, 0.25) is 0 Å². The monoisotopic (exact) mass is 459 g/mol. The lowest BCUT2D eigenvalue weighted by molar-refractivity contribution is -0.111. The molecule has 2 unspecified atom stereocenters. The van der Waals surface area contributed by atoms with Crippen molar-refractivity contribution >= 4 is 23.0 Å². The Bertz CT molecular complexity index is 1080. The standard InChI is InChI=1S/C27H33N5O2/c1-3-19(4-2)27(34)29-21-9-10-24(20(17-21)18-28)31-13-15-32(16-14-31)25-11-12-26(33)30-23-8-6-5-7-22(23)25/h5-12,17,19,25,27,29,34H,3-4,13-16H2,1-2H3,(H,30,33). The number of nitrogens with zero attached hydrogens (tertiary/aromatic N) is 3. The van der Waals surface area contributed by atoms with Gasteiger partial charge in [-0.2, -0.15) is 5.26 Å². The van der Waals surface area contributed by atoms with Crippen molar-refractivity contribution in [1.29, 1.82) is 5.26 Å². The first-order chi connectivity index (χ1) is 16.5. The summed E-state index contributed by atoms with van der Waals surface area (Å²) in [5, 5.41) is 26.4. The first kappa shape index (κ1) is 23.8. The van der Waals surface area contributed by atoms with Crippen LogP contribution in [0.5, 0.6) is 0 Å². The molecule has 4 rings (SSSR count). The smallest absolute Gasteiger partial charge is 0.248 e. The summed E-state index contributed by atoms with van der Waals surface area (Å²) in [5.41, 5.74) is 4.23. The van der Waals surface area contributed by atoms with Crippen LogP contribution < -0.4 is 15.5 Å². The van der Waals surface area contributed by atoms with Crippen LogP contribution in [0.4, 0.5) is 17.1 Å². The van der Waals surface area contributed by atoms with Crippen molar-refractivity contribution in [3.63, 3.8) is 0 Å². The zero-order valence-corrected chi connectivity index (χ0v) is 19.9. The maximum Gasteiger partial charge on any atom is 0.248 e. The van der Waals surface area contributed by atoms with E-state index in [0.717, 1.165) is 61.6 Å². The van der Waals surface area contributed by atoms with Crippen LogP contribution in [-0.2, 0) is 4.79 Å². The number of aliphatic hydroxyl groups is 1. The molecule has 2 aliphatic rings. The highest BCUT2D eigenvalue weighted by molar-refractivity contribution is 6.00. The van der Waals surface area contributed by atoms with Gasteiger partial charge < -0.3 is 20.6 Å². The van der Waals surface area contributed by atoms with Crippen molar-refractivity contribution in [3.8, 4) is 6.07 Å². The minimum atomic E-state index is -0.632. The zero-order chi connectivity index (χ0) is 24.1. The first-order valence-electron chi connectivity index (χ1n) is 12.1. The number of piperazine rings is 1. The second-order valence-electron chi connectivity index (χ2n) is 8.91. The van der Waals surface area contributed by atoms with E-state index in [0.29, 0.717) is 5.56 Å². The molecule has 3 N–H and O–H groups in total. The van der Waals surface area contributed by atoms with Crippen LogP contribution in [0.3, 0.4) is 0 Å². The van der Waals surface area contributed by atoms with Gasteiger partial charge in [0.25, 0.3) is 0 Å². The molecule has 0 bridgehead atoms. The van der Waals surface area contributed by atoms with Gasteiger partial charge in [-0.1, -0.05) is 38.1 Å². The van der Waals surface area contributed by atoms with Gasteiger partial charge in [-0.25, -0.2) is 0 Å². The van der Waals surface area contributed by atoms with E-state index in [1.165, 1.54) is 0 Å². The normalized spacial score (nSPS) is 19.2. The molecule has 1 amide bonds. The summed E-state index contributed by atoms with van der Waals surface area (Å²) in [6.45, 7) is 7.34. The van der Waals surface area contributed by atoms with E-state index in [1.807, 2.05) is 42.5 Å². The number of hydrogen-bond acceptors (Lipinski definition) is 6. The molecule has 0 aliphatic carbocycles. The fourth-order valence-corrected chi connectivity index (χ4v) is 4.90. The van der Waals surface area contributed by atoms with Crippen molar-refractivity contribution in [3.05, 3.63) is 65.7 Å². The Morgan fingerprint density at radius 3 is 2.59 bits per heavy atom. The molecule has 2 aliphatic heterocycles. The topological polar surface area (TPSA) is 91.6 Å². The van der Waals surface area contributed by atoms with Gasteiger partial charge in [0.15, 0.2) is 0 Å². The van der Waals surface area contributed by atoms with E-state index in [9.17, 15) is 15.2 Å². The quantitative estimate of drug-likeness (QED) is 0.540. The molecule has 7 nitrogen and oxygen atoms in total. The number of carbonyl (C=O) groups is 1. The SMILES string of the molecule is CCC(CC)C(O)Nc1ccc(N2CCN(C3C=CC(=O)Nc4ccccc43)CC2)c(C#N)c1. The van der Waals surface area contributed by atoms with E-state index in [4.69, 9.17) is 0 Å². The third-order valence-electron chi connectivity index (χ3n) is 6.94. The number of rotatable bonds is 7. The van der Waals surface area contributed by atoms with Gasteiger partial charge in [0.2, 0.25) is 5.91 Å². The number of carbonyl (C=O) groups excluding carboxylic acids is 1. The van der Waals surface area contributed by atoms with Gasteiger partial charge in [-0.15, -0.1) is 0 Å². The highest BCUT2D eigenvalue weighted by atomic mass is 16.3. The Kier molecular flexibility index (Phi) is 7.51. The zero-order valence-electron chi connectivity index (χ0n) is 19.9. The molecule has 7 heteroatoms.